The van der Waals surface area contributed by atoms with E-state index in [1.54, 1.807) is 28.6 Å². The van der Waals surface area contributed by atoms with E-state index in [1.165, 1.54) is 0 Å². The maximum Gasteiger partial charge on any atom is 0.243 e. The fraction of sp³-hybridized carbons (Fsp3) is 0.455. The van der Waals surface area contributed by atoms with Crippen LogP contribution in [0.1, 0.15) is 6.42 Å². The van der Waals surface area contributed by atoms with E-state index in [1.807, 2.05) is 17.8 Å². The van der Waals surface area contributed by atoms with Gasteiger partial charge in [0.05, 0.1) is 4.90 Å². The molecular weight excluding hydrogens is 242 g/mol. The molecule has 2 saturated heterocycles. The van der Waals surface area contributed by atoms with Crippen molar-refractivity contribution in [2.75, 3.05) is 12.3 Å². The number of fused-ring (bicyclic) bond motifs is 2. The van der Waals surface area contributed by atoms with Crippen LogP contribution < -0.4 is 0 Å². The van der Waals surface area contributed by atoms with Crippen molar-refractivity contribution in [1.29, 1.82) is 0 Å². The molecule has 0 aliphatic carbocycles. The Morgan fingerprint density at radius 2 is 2.00 bits per heavy atom. The molecule has 0 saturated carbocycles. The van der Waals surface area contributed by atoms with Crippen LogP contribution in [0, 0.1) is 0 Å². The normalized spacial score (nSPS) is 29.8. The van der Waals surface area contributed by atoms with Crippen molar-refractivity contribution in [2.45, 2.75) is 22.6 Å². The molecule has 2 fully saturated rings. The van der Waals surface area contributed by atoms with Gasteiger partial charge >= 0.3 is 0 Å². The lowest BCUT2D eigenvalue weighted by atomic mass is 10.3. The van der Waals surface area contributed by atoms with E-state index < -0.39 is 10.0 Å². The summed E-state index contributed by atoms with van der Waals surface area (Å²) in [5, 5.41) is 0.517. The molecule has 86 valence electrons. The summed E-state index contributed by atoms with van der Waals surface area (Å²) in [5.41, 5.74) is 0. The van der Waals surface area contributed by atoms with Gasteiger partial charge < -0.3 is 0 Å². The quantitative estimate of drug-likeness (QED) is 0.805. The van der Waals surface area contributed by atoms with Crippen molar-refractivity contribution in [2.24, 2.45) is 0 Å². The van der Waals surface area contributed by atoms with E-state index in [0.29, 0.717) is 16.7 Å². The predicted octanol–water partition coefficient (Wildman–Crippen LogP) is 1.57. The predicted molar refractivity (Wildman–Crippen MR) is 65.0 cm³/mol. The molecule has 5 heteroatoms. The second-order valence-corrected chi connectivity index (χ2v) is 7.46. The second-order valence-electron chi connectivity index (χ2n) is 4.23. The highest BCUT2D eigenvalue weighted by Crippen LogP contribution is 2.40. The van der Waals surface area contributed by atoms with Gasteiger partial charge in [-0.25, -0.2) is 8.42 Å². The highest BCUT2D eigenvalue weighted by molar-refractivity contribution is 8.00. The number of rotatable bonds is 2. The van der Waals surface area contributed by atoms with Gasteiger partial charge in [-0.1, -0.05) is 18.2 Å². The van der Waals surface area contributed by atoms with Crippen LogP contribution in [0.15, 0.2) is 35.2 Å². The van der Waals surface area contributed by atoms with E-state index >= 15 is 0 Å². The van der Waals surface area contributed by atoms with Crippen LogP contribution in [-0.2, 0) is 10.0 Å². The summed E-state index contributed by atoms with van der Waals surface area (Å²) in [7, 11) is -3.25. The zero-order valence-electron chi connectivity index (χ0n) is 8.74. The Kier molecular flexibility index (Phi) is 2.49. The van der Waals surface area contributed by atoms with Crippen LogP contribution in [0.25, 0.3) is 0 Å². The molecule has 2 unspecified atom stereocenters. The molecule has 0 N–H and O–H groups in total. The van der Waals surface area contributed by atoms with Gasteiger partial charge in [0, 0.05) is 23.6 Å². The van der Waals surface area contributed by atoms with E-state index in [4.69, 9.17) is 0 Å². The largest absolute Gasteiger partial charge is 0.243 e. The fourth-order valence-electron chi connectivity index (χ4n) is 2.39. The van der Waals surface area contributed by atoms with Crippen molar-refractivity contribution >= 4 is 21.8 Å². The smallest absolute Gasteiger partial charge is 0.207 e. The van der Waals surface area contributed by atoms with E-state index in [9.17, 15) is 8.42 Å². The van der Waals surface area contributed by atoms with E-state index in [0.717, 1.165) is 12.2 Å². The van der Waals surface area contributed by atoms with Crippen molar-refractivity contribution in [3.05, 3.63) is 30.3 Å². The van der Waals surface area contributed by atoms with Crippen LogP contribution >= 0.6 is 11.8 Å². The Hall–Kier alpha value is -0.520. The minimum absolute atomic E-state index is 0.222. The lowest BCUT2D eigenvalue weighted by Crippen LogP contribution is -2.39. The third kappa shape index (κ3) is 1.58. The number of hydrogen-bond donors (Lipinski definition) is 0. The highest BCUT2D eigenvalue weighted by atomic mass is 32.2. The van der Waals surface area contributed by atoms with Gasteiger partial charge in [0.1, 0.15) is 0 Å². The highest BCUT2D eigenvalue weighted by Gasteiger charge is 2.44. The molecule has 2 atom stereocenters. The molecule has 2 aliphatic rings. The Bertz CT molecular complexity index is 486. The second kappa shape index (κ2) is 3.75. The SMILES string of the molecule is O=S(=O)(c1ccccc1)N1CC2CC1CS2. The summed E-state index contributed by atoms with van der Waals surface area (Å²) < 4.78 is 26.4. The topological polar surface area (TPSA) is 37.4 Å². The Labute approximate surface area is 99.9 Å². The first-order chi connectivity index (χ1) is 7.68. The average molecular weight is 255 g/mol. The van der Waals surface area contributed by atoms with Gasteiger partial charge in [-0.05, 0) is 18.6 Å². The molecule has 2 aliphatic heterocycles. The minimum Gasteiger partial charge on any atom is -0.207 e. The molecule has 2 heterocycles. The maximum atomic E-state index is 12.3. The number of benzene rings is 1. The molecule has 0 spiro atoms. The number of hydrogen-bond acceptors (Lipinski definition) is 3. The van der Waals surface area contributed by atoms with Gasteiger partial charge in [-0.3, -0.25) is 0 Å². The first-order valence-corrected chi connectivity index (χ1v) is 7.85. The van der Waals surface area contributed by atoms with Gasteiger partial charge in [-0.2, -0.15) is 16.1 Å². The van der Waals surface area contributed by atoms with Crippen LogP contribution in [-0.4, -0.2) is 36.3 Å². The van der Waals surface area contributed by atoms with Gasteiger partial charge in [0.15, 0.2) is 0 Å². The molecule has 16 heavy (non-hydrogen) atoms. The summed E-state index contributed by atoms with van der Waals surface area (Å²) >= 11 is 1.90. The lowest BCUT2D eigenvalue weighted by Gasteiger charge is -2.25. The van der Waals surface area contributed by atoms with E-state index in [2.05, 4.69) is 0 Å². The first kappa shape index (κ1) is 10.6. The van der Waals surface area contributed by atoms with Crippen molar-refractivity contribution < 1.29 is 8.42 Å². The van der Waals surface area contributed by atoms with Gasteiger partial charge in [0.25, 0.3) is 0 Å². The lowest BCUT2D eigenvalue weighted by molar-refractivity contribution is 0.410. The molecule has 0 radical (unpaired) electrons. The van der Waals surface area contributed by atoms with Gasteiger partial charge in [0.2, 0.25) is 10.0 Å². The summed E-state index contributed by atoms with van der Waals surface area (Å²) in [5.74, 6) is 0.955. The van der Waals surface area contributed by atoms with Crippen LogP contribution in [0.4, 0.5) is 0 Å². The zero-order valence-corrected chi connectivity index (χ0v) is 10.4. The van der Waals surface area contributed by atoms with Crippen molar-refractivity contribution in [3.63, 3.8) is 0 Å². The Balaban J connectivity index is 1.95. The summed E-state index contributed by atoms with van der Waals surface area (Å²) in [6.07, 6.45) is 1.02. The average Bonchev–Trinajstić information content (AvgIpc) is 2.92. The van der Waals surface area contributed by atoms with Crippen molar-refractivity contribution in [3.8, 4) is 0 Å². The molecule has 0 amide bonds. The fourth-order valence-corrected chi connectivity index (χ4v) is 5.71. The Morgan fingerprint density at radius 3 is 2.56 bits per heavy atom. The van der Waals surface area contributed by atoms with Crippen LogP contribution in [0.5, 0.6) is 0 Å². The monoisotopic (exact) mass is 255 g/mol. The minimum atomic E-state index is -3.25. The molecule has 3 nitrogen and oxygen atoms in total. The van der Waals surface area contributed by atoms with Gasteiger partial charge in [-0.15, -0.1) is 0 Å². The first-order valence-electron chi connectivity index (χ1n) is 5.36. The van der Waals surface area contributed by atoms with E-state index in [-0.39, 0.29) is 6.04 Å². The molecule has 1 aromatic rings. The molecule has 0 aromatic heterocycles. The summed E-state index contributed by atoms with van der Waals surface area (Å²) in [6, 6.07) is 8.96. The molecule has 2 bridgehead atoms. The van der Waals surface area contributed by atoms with Crippen LogP contribution in [0.2, 0.25) is 0 Å². The molecule has 3 rings (SSSR count). The summed E-state index contributed by atoms with van der Waals surface area (Å²) in [4.78, 5) is 0.424. The number of thioether (sulfide) groups is 1. The maximum absolute atomic E-state index is 12.3. The number of sulfonamides is 1. The number of nitrogens with zero attached hydrogens (tertiary/aromatic N) is 1. The Morgan fingerprint density at radius 1 is 1.25 bits per heavy atom. The summed E-state index contributed by atoms with van der Waals surface area (Å²) in [6.45, 7) is 0.687. The van der Waals surface area contributed by atoms with Crippen molar-refractivity contribution in [1.82, 2.24) is 4.31 Å². The standard InChI is InChI=1S/C11H13NO2S2/c13-16(14,11-4-2-1-3-5-11)12-7-10-6-9(12)8-15-10/h1-5,9-10H,6-8H2. The van der Waals surface area contributed by atoms with Crippen LogP contribution in [0.3, 0.4) is 0 Å². The molecule has 1 aromatic carbocycles. The zero-order chi connectivity index (χ0) is 11.2. The third-order valence-electron chi connectivity index (χ3n) is 3.20. The third-order valence-corrected chi connectivity index (χ3v) is 6.52. The molecular formula is C11H13NO2S2.